The van der Waals surface area contributed by atoms with E-state index in [-0.39, 0.29) is 24.1 Å². The number of benzene rings is 2. The van der Waals surface area contributed by atoms with Gasteiger partial charge >= 0.3 is 0 Å². The Kier molecular flexibility index (Phi) is 5.59. The second-order valence-electron chi connectivity index (χ2n) is 7.32. The Labute approximate surface area is 174 Å². The maximum absolute atomic E-state index is 13.2. The number of carbonyl (C=O) groups excluding carboxylic acids is 2. The number of hydrogen-bond acceptors (Lipinski definition) is 6. The fourth-order valence-corrected chi connectivity index (χ4v) is 4.07. The number of piperazine rings is 1. The average molecular weight is 413 g/mol. The molecular weight excluding hydrogens is 389 g/mol. The van der Waals surface area contributed by atoms with Gasteiger partial charge in [0.2, 0.25) is 5.91 Å². The number of methoxy groups -OCH3 is 2. The molecule has 4 rings (SSSR count). The number of ether oxygens (including phenoxy) is 2. The lowest BCUT2D eigenvalue weighted by molar-refractivity contribution is -0.123. The number of carbonyl (C=O) groups is 2. The van der Waals surface area contributed by atoms with Crippen LogP contribution in [0.15, 0.2) is 42.5 Å². The highest BCUT2D eigenvalue weighted by Gasteiger charge is 2.44. The largest absolute Gasteiger partial charge is 0.497 e. The lowest BCUT2D eigenvalue weighted by Gasteiger charge is -2.38. The van der Waals surface area contributed by atoms with Crippen molar-refractivity contribution in [2.45, 2.75) is 12.5 Å². The zero-order valence-corrected chi connectivity index (χ0v) is 17.0. The van der Waals surface area contributed by atoms with E-state index in [1.165, 1.54) is 31.3 Å². The van der Waals surface area contributed by atoms with Crippen molar-refractivity contribution in [2.24, 2.45) is 0 Å². The summed E-state index contributed by atoms with van der Waals surface area (Å²) in [6.07, 6.45) is 0.135. The molecule has 7 nitrogen and oxygen atoms in total. The van der Waals surface area contributed by atoms with Crippen molar-refractivity contribution in [3.8, 4) is 11.5 Å². The molecule has 0 aliphatic carbocycles. The predicted octanol–water partition coefficient (Wildman–Crippen LogP) is 2.30. The van der Waals surface area contributed by atoms with Gasteiger partial charge in [0, 0.05) is 37.9 Å². The lowest BCUT2D eigenvalue weighted by atomic mass is 10.1. The molecule has 0 radical (unpaired) electrons. The number of halogens is 1. The summed E-state index contributed by atoms with van der Waals surface area (Å²) >= 11 is 0. The molecule has 2 amide bonds. The minimum absolute atomic E-state index is 0.135. The first-order chi connectivity index (χ1) is 14.5. The molecule has 0 saturated carbocycles. The van der Waals surface area contributed by atoms with Crippen LogP contribution in [0, 0.1) is 5.82 Å². The van der Waals surface area contributed by atoms with E-state index in [1.54, 1.807) is 30.3 Å². The first kappa shape index (κ1) is 20.2. The van der Waals surface area contributed by atoms with Crippen LogP contribution in [0.5, 0.6) is 11.5 Å². The van der Waals surface area contributed by atoms with Gasteiger partial charge in [0.15, 0.2) is 0 Å². The zero-order chi connectivity index (χ0) is 21.3. The van der Waals surface area contributed by atoms with Gasteiger partial charge in [-0.05, 0) is 36.4 Å². The second-order valence-corrected chi connectivity index (χ2v) is 7.32. The maximum Gasteiger partial charge on any atom is 0.251 e. The quantitative estimate of drug-likeness (QED) is 0.701. The molecule has 0 N–H and O–H groups in total. The highest BCUT2D eigenvalue weighted by Crippen LogP contribution is 2.36. The third-order valence-corrected chi connectivity index (χ3v) is 5.70. The Morgan fingerprint density at radius 1 is 0.933 bits per heavy atom. The van der Waals surface area contributed by atoms with Gasteiger partial charge in [0.25, 0.3) is 5.91 Å². The minimum Gasteiger partial charge on any atom is -0.497 e. The summed E-state index contributed by atoms with van der Waals surface area (Å²) in [5.74, 6) is 0.224. The highest BCUT2D eigenvalue weighted by atomic mass is 19.1. The molecule has 2 fully saturated rings. The van der Waals surface area contributed by atoms with Crippen molar-refractivity contribution >= 4 is 23.2 Å². The van der Waals surface area contributed by atoms with Crippen LogP contribution in [0.3, 0.4) is 0 Å². The first-order valence-corrected chi connectivity index (χ1v) is 9.85. The first-order valence-electron chi connectivity index (χ1n) is 9.85. The molecule has 0 bridgehead atoms. The third-order valence-electron chi connectivity index (χ3n) is 5.70. The fraction of sp³-hybridized carbons (Fsp3) is 0.364. The summed E-state index contributed by atoms with van der Waals surface area (Å²) in [6, 6.07) is 11.0. The van der Waals surface area contributed by atoms with Gasteiger partial charge in [-0.3, -0.25) is 14.5 Å². The van der Waals surface area contributed by atoms with Crippen molar-refractivity contribution in [2.75, 3.05) is 50.2 Å². The molecule has 0 aromatic heterocycles. The Morgan fingerprint density at radius 3 is 2.27 bits per heavy atom. The molecule has 1 atom stereocenters. The summed E-state index contributed by atoms with van der Waals surface area (Å²) in [5.41, 5.74) is 1.35. The van der Waals surface area contributed by atoms with Gasteiger partial charge in [-0.1, -0.05) is 0 Å². The van der Waals surface area contributed by atoms with Gasteiger partial charge in [0.1, 0.15) is 17.3 Å². The Hall–Kier alpha value is -3.13. The van der Waals surface area contributed by atoms with Crippen LogP contribution < -0.4 is 19.3 Å². The van der Waals surface area contributed by atoms with E-state index in [2.05, 4.69) is 4.90 Å². The van der Waals surface area contributed by atoms with E-state index in [0.29, 0.717) is 43.4 Å². The average Bonchev–Trinajstić information content (AvgIpc) is 3.07. The number of imide groups is 1. The molecule has 2 saturated heterocycles. The van der Waals surface area contributed by atoms with Crippen LogP contribution in [-0.4, -0.2) is 63.2 Å². The molecule has 1 unspecified atom stereocenters. The Morgan fingerprint density at radius 2 is 1.63 bits per heavy atom. The van der Waals surface area contributed by atoms with E-state index < -0.39 is 6.04 Å². The van der Waals surface area contributed by atoms with Crippen molar-refractivity contribution in [1.82, 2.24) is 4.90 Å². The third kappa shape index (κ3) is 3.70. The SMILES string of the molecule is COc1ccc(OC)c(N2C(=O)CC(N3CCN(c4ccc(F)cc4)CC3)C2=O)c1. The molecule has 2 aliphatic heterocycles. The van der Waals surface area contributed by atoms with Crippen LogP contribution in [-0.2, 0) is 9.59 Å². The van der Waals surface area contributed by atoms with E-state index in [9.17, 15) is 14.0 Å². The molecule has 158 valence electrons. The highest BCUT2D eigenvalue weighted by molar-refractivity contribution is 6.23. The predicted molar refractivity (Wildman–Crippen MR) is 111 cm³/mol. The van der Waals surface area contributed by atoms with Gasteiger partial charge in [0.05, 0.1) is 32.4 Å². The van der Waals surface area contributed by atoms with Gasteiger partial charge in [-0.25, -0.2) is 9.29 Å². The molecule has 2 aromatic rings. The second kappa shape index (κ2) is 8.31. The molecule has 8 heteroatoms. The van der Waals surface area contributed by atoms with E-state index in [0.717, 1.165) is 5.69 Å². The lowest BCUT2D eigenvalue weighted by Crippen LogP contribution is -2.52. The summed E-state index contributed by atoms with van der Waals surface area (Å²) in [7, 11) is 3.03. The molecule has 30 heavy (non-hydrogen) atoms. The van der Waals surface area contributed by atoms with Crippen LogP contribution in [0.2, 0.25) is 0 Å². The molecule has 2 aliphatic rings. The standard InChI is InChI=1S/C22H24FN3O4/c1-29-17-7-8-20(30-2)18(13-17)26-21(27)14-19(22(26)28)25-11-9-24(10-12-25)16-5-3-15(23)4-6-16/h3-8,13,19H,9-12,14H2,1-2H3. The van der Waals surface area contributed by atoms with E-state index in [1.807, 2.05) is 4.90 Å². The van der Waals surface area contributed by atoms with Crippen LogP contribution in [0.1, 0.15) is 6.42 Å². The summed E-state index contributed by atoms with van der Waals surface area (Å²) in [6.45, 7) is 2.69. The monoisotopic (exact) mass is 413 g/mol. The Bertz CT molecular complexity index is 942. The van der Waals surface area contributed by atoms with Crippen LogP contribution in [0.25, 0.3) is 0 Å². The number of nitrogens with zero attached hydrogens (tertiary/aromatic N) is 3. The van der Waals surface area contributed by atoms with Crippen LogP contribution >= 0.6 is 0 Å². The van der Waals surface area contributed by atoms with Crippen molar-refractivity contribution in [3.63, 3.8) is 0 Å². The number of hydrogen-bond donors (Lipinski definition) is 0. The van der Waals surface area contributed by atoms with E-state index in [4.69, 9.17) is 9.47 Å². The topological polar surface area (TPSA) is 62.3 Å². The van der Waals surface area contributed by atoms with Gasteiger partial charge < -0.3 is 14.4 Å². The molecule has 2 aromatic carbocycles. The van der Waals surface area contributed by atoms with Gasteiger partial charge in [-0.15, -0.1) is 0 Å². The summed E-state index contributed by atoms with van der Waals surface area (Å²) in [4.78, 5) is 31.4. The number of anilines is 2. The van der Waals surface area contributed by atoms with Crippen molar-refractivity contribution < 1.29 is 23.5 Å². The normalized spacial score (nSPS) is 20.0. The fourth-order valence-electron chi connectivity index (χ4n) is 4.07. The van der Waals surface area contributed by atoms with Crippen molar-refractivity contribution in [3.05, 3.63) is 48.3 Å². The minimum atomic E-state index is -0.497. The smallest absolute Gasteiger partial charge is 0.251 e. The maximum atomic E-state index is 13.2. The molecule has 2 heterocycles. The molecular formula is C22H24FN3O4. The zero-order valence-electron chi connectivity index (χ0n) is 17.0. The molecule has 0 spiro atoms. The van der Waals surface area contributed by atoms with Crippen molar-refractivity contribution in [1.29, 1.82) is 0 Å². The van der Waals surface area contributed by atoms with Crippen LogP contribution in [0.4, 0.5) is 15.8 Å². The number of rotatable bonds is 5. The van der Waals surface area contributed by atoms with Gasteiger partial charge in [-0.2, -0.15) is 0 Å². The Balaban J connectivity index is 1.48. The van der Waals surface area contributed by atoms with E-state index >= 15 is 0 Å². The summed E-state index contributed by atoms with van der Waals surface area (Å²) in [5, 5.41) is 0. The summed E-state index contributed by atoms with van der Waals surface area (Å²) < 4.78 is 23.8. The number of amides is 2.